The van der Waals surface area contributed by atoms with Gasteiger partial charge in [-0.05, 0) is 48.7 Å². The van der Waals surface area contributed by atoms with E-state index < -0.39 is 10.7 Å². The highest BCUT2D eigenvalue weighted by atomic mass is 32.2. The molecule has 1 spiro atoms. The van der Waals surface area contributed by atoms with Gasteiger partial charge >= 0.3 is 0 Å². The second kappa shape index (κ2) is 6.30. The van der Waals surface area contributed by atoms with E-state index in [9.17, 15) is 18.4 Å². The molecule has 0 N–H and O–H groups in total. The predicted molar refractivity (Wildman–Crippen MR) is 103 cm³/mol. The first kappa shape index (κ1) is 17.7. The number of benzene rings is 2. The maximum absolute atomic E-state index is 14.1. The molecule has 1 saturated heterocycles. The summed E-state index contributed by atoms with van der Waals surface area (Å²) in [5.74, 6) is -0.411. The summed E-state index contributed by atoms with van der Waals surface area (Å²) in [6.07, 6.45) is 1.69. The highest BCUT2D eigenvalue weighted by Gasteiger charge is 2.60. The Kier molecular flexibility index (Phi) is 3.98. The van der Waals surface area contributed by atoms with Crippen LogP contribution in [0.25, 0.3) is 0 Å². The van der Waals surface area contributed by atoms with E-state index in [1.807, 2.05) is 0 Å². The average molecular weight is 400 g/mol. The van der Waals surface area contributed by atoms with Crippen molar-refractivity contribution in [1.82, 2.24) is 4.90 Å². The summed E-state index contributed by atoms with van der Waals surface area (Å²) in [4.78, 5) is 28.6. The maximum atomic E-state index is 14.1. The van der Waals surface area contributed by atoms with Gasteiger partial charge in [0.1, 0.15) is 11.6 Å². The van der Waals surface area contributed by atoms with E-state index >= 15 is 0 Å². The van der Waals surface area contributed by atoms with Gasteiger partial charge in [0.25, 0.3) is 5.91 Å². The van der Waals surface area contributed by atoms with Crippen molar-refractivity contribution in [2.75, 3.05) is 17.2 Å². The predicted octanol–water partition coefficient (Wildman–Crippen LogP) is 3.65. The third-order valence-corrected chi connectivity index (χ3v) is 7.02. The van der Waals surface area contributed by atoms with Crippen molar-refractivity contribution in [3.63, 3.8) is 0 Å². The number of carbonyl (C=O) groups excluding carboxylic acids is 2. The number of rotatable bonds is 3. The monoisotopic (exact) mass is 400 g/mol. The van der Waals surface area contributed by atoms with Crippen molar-refractivity contribution >= 4 is 29.3 Å². The normalized spacial score (nSPS) is 23.6. The Bertz CT molecular complexity index is 977. The summed E-state index contributed by atoms with van der Waals surface area (Å²) >= 11 is 1.40. The van der Waals surface area contributed by atoms with Gasteiger partial charge in [-0.1, -0.05) is 12.1 Å². The molecular formula is C21H18F2N2O2S. The average Bonchev–Trinajstić information content (AvgIpc) is 3.41. The summed E-state index contributed by atoms with van der Waals surface area (Å²) in [6, 6.07) is 10.3. The number of anilines is 1. The third-order valence-electron chi connectivity index (χ3n) is 5.60. The number of fused-ring (bicyclic) bond motifs is 2. The molecule has 0 bridgehead atoms. The Morgan fingerprint density at radius 1 is 1.11 bits per heavy atom. The van der Waals surface area contributed by atoms with E-state index in [2.05, 4.69) is 0 Å². The molecule has 1 aliphatic carbocycles. The minimum atomic E-state index is -1.20. The van der Waals surface area contributed by atoms with Crippen molar-refractivity contribution < 1.29 is 18.4 Å². The molecular weight excluding hydrogens is 382 g/mol. The molecule has 0 radical (unpaired) electrons. The van der Waals surface area contributed by atoms with Gasteiger partial charge in [-0.3, -0.25) is 9.59 Å². The fraction of sp³-hybridized carbons (Fsp3) is 0.333. The smallest absolute Gasteiger partial charge is 0.268 e. The second-order valence-corrected chi connectivity index (χ2v) is 8.72. The summed E-state index contributed by atoms with van der Waals surface area (Å²) in [7, 11) is 0. The van der Waals surface area contributed by atoms with Crippen LogP contribution in [0.1, 0.15) is 24.0 Å². The molecule has 0 unspecified atom stereocenters. The van der Waals surface area contributed by atoms with Crippen LogP contribution < -0.4 is 4.90 Å². The van der Waals surface area contributed by atoms with Gasteiger partial charge in [-0.15, -0.1) is 11.8 Å². The van der Waals surface area contributed by atoms with Crippen LogP contribution in [0, 0.1) is 17.6 Å². The van der Waals surface area contributed by atoms with Crippen LogP contribution in [0.15, 0.2) is 42.5 Å². The van der Waals surface area contributed by atoms with Crippen LogP contribution in [0.3, 0.4) is 0 Å². The van der Waals surface area contributed by atoms with E-state index in [4.69, 9.17) is 0 Å². The largest absolute Gasteiger partial charge is 0.315 e. The lowest BCUT2D eigenvalue weighted by atomic mass is 10.0. The van der Waals surface area contributed by atoms with Crippen molar-refractivity contribution in [1.29, 1.82) is 0 Å². The lowest BCUT2D eigenvalue weighted by Crippen LogP contribution is -2.50. The highest BCUT2D eigenvalue weighted by Crippen LogP contribution is 2.55. The second-order valence-electron chi connectivity index (χ2n) is 7.44. The van der Waals surface area contributed by atoms with Gasteiger partial charge in [0, 0.05) is 23.8 Å². The third kappa shape index (κ3) is 2.56. The number of amides is 2. The first-order chi connectivity index (χ1) is 13.5. The van der Waals surface area contributed by atoms with Crippen molar-refractivity contribution in [2.45, 2.75) is 24.3 Å². The summed E-state index contributed by atoms with van der Waals surface area (Å²) in [5, 5.41) is 0. The molecule has 144 valence electrons. The topological polar surface area (TPSA) is 40.6 Å². The van der Waals surface area contributed by atoms with Gasteiger partial charge in [0.2, 0.25) is 5.91 Å². The van der Waals surface area contributed by atoms with E-state index in [0.29, 0.717) is 23.5 Å². The number of hydrogen-bond acceptors (Lipinski definition) is 3. The van der Waals surface area contributed by atoms with Crippen molar-refractivity contribution in [3.05, 3.63) is 65.2 Å². The molecule has 2 aromatic rings. The highest BCUT2D eigenvalue weighted by molar-refractivity contribution is 8.01. The molecule has 0 aromatic heterocycles. The molecule has 2 heterocycles. The quantitative estimate of drug-likeness (QED) is 0.790. The fourth-order valence-electron chi connectivity index (χ4n) is 4.09. The Labute approximate surface area is 165 Å². The summed E-state index contributed by atoms with van der Waals surface area (Å²) in [5.41, 5.74) is 1.92. The van der Waals surface area contributed by atoms with Gasteiger partial charge in [0.05, 0.1) is 12.2 Å². The van der Waals surface area contributed by atoms with E-state index in [0.717, 1.165) is 18.4 Å². The number of nitrogens with zero attached hydrogens (tertiary/aromatic N) is 2. The van der Waals surface area contributed by atoms with Crippen LogP contribution in [-0.2, 0) is 21.0 Å². The minimum absolute atomic E-state index is 0.0165. The number of hydrogen-bond donors (Lipinski definition) is 0. The van der Waals surface area contributed by atoms with Crippen LogP contribution in [0.4, 0.5) is 14.5 Å². The molecule has 2 amide bonds. The Hall–Kier alpha value is -2.41. The zero-order valence-corrected chi connectivity index (χ0v) is 15.8. The van der Waals surface area contributed by atoms with E-state index in [1.54, 1.807) is 28.0 Å². The first-order valence-corrected chi connectivity index (χ1v) is 10.3. The fourth-order valence-corrected chi connectivity index (χ4v) is 5.55. The zero-order valence-electron chi connectivity index (χ0n) is 15.0. The Morgan fingerprint density at radius 3 is 2.54 bits per heavy atom. The zero-order chi connectivity index (χ0) is 19.5. The summed E-state index contributed by atoms with van der Waals surface area (Å²) < 4.78 is 27.4. The van der Waals surface area contributed by atoms with Crippen LogP contribution >= 0.6 is 11.8 Å². The summed E-state index contributed by atoms with van der Waals surface area (Å²) in [6.45, 7) is 0.720. The molecule has 2 aromatic carbocycles. The SMILES string of the molecule is O=C(C1CC1)N1CCS[C@]12C(=O)N(Cc1ccc(F)cc1)c1ccc(F)cc12. The van der Waals surface area contributed by atoms with Gasteiger partial charge in [-0.25, -0.2) is 8.78 Å². The molecule has 2 aliphatic heterocycles. The molecule has 2 fully saturated rings. The van der Waals surface area contributed by atoms with E-state index in [1.165, 1.54) is 36.0 Å². The molecule has 4 nitrogen and oxygen atoms in total. The lowest BCUT2D eigenvalue weighted by Gasteiger charge is -2.33. The van der Waals surface area contributed by atoms with Crippen LogP contribution in [0.2, 0.25) is 0 Å². The van der Waals surface area contributed by atoms with Crippen molar-refractivity contribution in [2.24, 2.45) is 5.92 Å². The first-order valence-electron chi connectivity index (χ1n) is 9.32. The van der Waals surface area contributed by atoms with E-state index in [-0.39, 0.29) is 30.1 Å². The van der Waals surface area contributed by atoms with Crippen molar-refractivity contribution in [3.8, 4) is 0 Å². The minimum Gasteiger partial charge on any atom is -0.315 e. The molecule has 1 saturated carbocycles. The molecule has 1 atom stereocenters. The number of halogens is 2. The van der Waals surface area contributed by atoms with Crippen LogP contribution in [-0.4, -0.2) is 29.0 Å². The van der Waals surface area contributed by atoms with Gasteiger partial charge in [-0.2, -0.15) is 0 Å². The standard InChI is InChI=1S/C21H18F2N2O2S/c22-15-5-1-13(2-6-15)12-24-18-8-7-16(23)11-17(18)21(20(24)27)25(9-10-28-21)19(26)14-3-4-14/h1-2,5-8,11,14H,3-4,9-10,12H2/t21-/m1/s1. The number of carbonyl (C=O) groups is 2. The Morgan fingerprint density at radius 2 is 1.82 bits per heavy atom. The Balaban J connectivity index is 1.59. The molecule has 3 aliphatic rings. The van der Waals surface area contributed by atoms with Crippen LogP contribution in [0.5, 0.6) is 0 Å². The van der Waals surface area contributed by atoms with Gasteiger partial charge < -0.3 is 9.80 Å². The molecule has 7 heteroatoms. The molecule has 28 heavy (non-hydrogen) atoms. The molecule has 5 rings (SSSR count). The lowest BCUT2D eigenvalue weighted by molar-refractivity contribution is -0.141. The maximum Gasteiger partial charge on any atom is 0.268 e. The van der Waals surface area contributed by atoms with Gasteiger partial charge in [0.15, 0.2) is 4.87 Å². The number of thioether (sulfide) groups is 1.